The van der Waals surface area contributed by atoms with Gasteiger partial charge in [0.1, 0.15) is 11.4 Å². The Labute approximate surface area is 98.2 Å². The van der Waals surface area contributed by atoms with Gasteiger partial charge < -0.3 is 5.32 Å². The molecule has 1 saturated heterocycles. The molecule has 0 spiro atoms. The predicted molar refractivity (Wildman–Crippen MR) is 59.8 cm³/mol. The maximum absolute atomic E-state index is 12.7. The second-order valence-electron chi connectivity index (χ2n) is 4.37. The summed E-state index contributed by atoms with van der Waals surface area (Å²) in [5.41, 5.74) is 0.0624. The quantitative estimate of drug-likeness (QED) is 0.778. The lowest BCUT2D eigenvalue weighted by atomic mass is 9.93. The van der Waals surface area contributed by atoms with E-state index in [4.69, 9.17) is 0 Å². The summed E-state index contributed by atoms with van der Waals surface area (Å²) in [6.07, 6.45) is 1.08. The Morgan fingerprint density at radius 1 is 1.24 bits per heavy atom. The SMILES string of the molecule is CC1(CCc2ccc(F)cc2)NC(=O)NC1=O. The third-order valence-electron chi connectivity index (χ3n) is 2.94. The van der Waals surface area contributed by atoms with Crippen LogP contribution < -0.4 is 10.6 Å². The number of carbonyl (C=O) groups is 2. The van der Waals surface area contributed by atoms with Gasteiger partial charge in [-0.25, -0.2) is 9.18 Å². The molecule has 1 atom stereocenters. The van der Waals surface area contributed by atoms with Gasteiger partial charge in [0, 0.05) is 0 Å². The molecule has 1 aliphatic rings. The van der Waals surface area contributed by atoms with Crippen molar-refractivity contribution in [2.45, 2.75) is 25.3 Å². The molecule has 1 aromatic carbocycles. The van der Waals surface area contributed by atoms with E-state index < -0.39 is 11.6 Å². The van der Waals surface area contributed by atoms with Crippen molar-refractivity contribution < 1.29 is 14.0 Å². The van der Waals surface area contributed by atoms with Crippen molar-refractivity contribution in [2.24, 2.45) is 0 Å². The number of halogens is 1. The normalized spacial score (nSPS) is 23.4. The first-order chi connectivity index (χ1) is 7.99. The number of benzene rings is 1. The second kappa shape index (κ2) is 4.16. The maximum atomic E-state index is 12.7. The molecule has 1 unspecified atom stereocenters. The van der Waals surface area contributed by atoms with Gasteiger partial charge in [0.05, 0.1) is 0 Å². The van der Waals surface area contributed by atoms with Crippen LogP contribution >= 0.6 is 0 Å². The van der Waals surface area contributed by atoms with Gasteiger partial charge in [-0.2, -0.15) is 0 Å². The summed E-state index contributed by atoms with van der Waals surface area (Å²) in [6.45, 7) is 1.68. The van der Waals surface area contributed by atoms with Crippen molar-refractivity contribution in [3.63, 3.8) is 0 Å². The number of hydrogen-bond acceptors (Lipinski definition) is 2. The van der Waals surface area contributed by atoms with Gasteiger partial charge in [0.2, 0.25) is 0 Å². The summed E-state index contributed by atoms with van der Waals surface area (Å²) in [5, 5.41) is 4.79. The smallest absolute Gasteiger partial charge is 0.322 e. The van der Waals surface area contributed by atoms with Crippen molar-refractivity contribution in [1.82, 2.24) is 10.6 Å². The van der Waals surface area contributed by atoms with E-state index in [0.717, 1.165) is 5.56 Å². The minimum atomic E-state index is -0.870. The highest BCUT2D eigenvalue weighted by atomic mass is 19.1. The Morgan fingerprint density at radius 3 is 2.41 bits per heavy atom. The summed E-state index contributed by atoms with van der Waals surface area (Å²) >= 11 is 0. The van der Waals surface area contributed by atoms with Gasteiger partial charge in [-0.05, 0) is 37.5 Å². The fraction of sp³-hybridized carbons (Fsp3) is 0.333. The van der Waals surface area contributed by atoms with Gasteiger partial charge in [-0.1, -0.05) is 12.1 Å². The van der Waals surface area contributed by atoms with Crippen LogP contribution in [0.1, 0.15) is 18.9 Å². The van der Waals surface area contributed by atoms with E-state index >= 15 is 0 Å². The standard InChI is InChI=1S/C12H13FN2O2/c1-12(10(16)14-11(17)15-12)7-6-8-2-4-9(13)5-3-8/h2-5H,6-7H2,1H3,(H2,14,15,16,17). The number of urea groups is 1. The van der Waals surface area contributed by atoms with E-state index in [1.807, 2.05) is 0 Å². The number of hydrogen-bond donors (Lipinski definition) is 2. The van der Waals surface area contributed by atoms with Crippen molar-refractivity contribution in [1.29, 1.82) is 0 Å². The number of nitrogens with one attached hydrogen (secondary N) is 2. The molecule has 0 aliphatic carbocycles. The van der Waals surface area contributed by atoms with Crippen molar-refractivity contribution >= 4 is 11.9 Å². The highest BCUT2D eigenvalue weighted by Crippen LogP contribution is 2.18. The first-order valence-corrected chi connectivity index (χ1v) is 5.38. The number of carbonyl (C=O) groups excluding carboxylic acids is 2. The highest BCUT2D eigenvalue weighted by molar-refractivity contribution is 6.06. The van der Waals surface area contributed by atoms with E-state index in [0.29, 0.717) is 12.8 Å². The minimum Gasteiger partial charge on any atom is -0.324 e. The molecule has 17 heavy (non-hydrogen) atoms. The van der Waals surface area contributed by atoms with Gasteiger partial charge in [0.25, 0.3) is 5.91 Å². The highest BCUT2D eigenvalue weighted by Gasteiger charge is 2.41. The van der Waals surface area contributed by atoms with E-state index in [9.17, 15) is 14.0 Å². The van der Waals surface area contributed by atoms with Crippen LogP contribution in [0.5, 0.6) is 0 Å². The van der Waals surface area contributed by atoms with Crippen LogP contribution in [0, 0.1) is 5.82 Å². The Hall–Kier alpha value is -1.91. The molecule has 1 aromatic rings. The largest absolute Gasteiger partial charge is 0.324 e. The minimum absolute atomic E-state index is 0.285. The molecule has 0 bridgehead atoms. The van der Waals surface area contributed by atoms with E-state index in [1.54, 1.807) is 19.1 Å². The molecule has 0 radical (unpaired) electrons. The van der Waals surface area contributed by atoms with Crippen LogP contribution in [-0.2, 0) is 11.2 Å². The Bertz CT molecular complexity index is 458. The van der Waals surface area contributed by atoms with Crippen molar-refractivity contribution in [2.75, 3.05) is 0 Å². The number of amides is 3. The van der Waals surface area contributed by atoms with Crippen molar-refractivity contribution in [3.05, 3.63) is 35.6 Å². The molecule has 3 amide bonds. The van der Waals surface area contributed by atoms with Gasteiger partial charge in [-0.15, -0.1) is 0 Å². The second-order valence-corrected chi connectivity index (χ2v) is 4.37. The maximum Gasteiger partial charge on any atom is 0.322 e. The van der Waals surface area contributed by atoms with Crippen LogP contribution in [0.3, 0.4) is 0 Å². The molecular weight excluding hydrogens is 223 g/mol. The zero-order valence-corrected chi connectivity index (χ0v) is 9.42. The average molecular weight is 236 g/mol. The fourth-order valence-corrected chi connectivity index (χ4v) is 1.80. The zero-order valence-electron chi connectivity index (χ0n) is 9.42. The summed E-state index contributed by atoms with van der Waals surface area (Å²) < 4.78 is 12.7. The molecule has 0 aromatic heterocycles. The first kappa shape index (κ1) is 11.6. The van der Waals surface area contributed by atoms with Crippen LogP contribution in [-0.4, -0.2) is 17.5 Å². The molecule has 1 heterocycles. The first-order valence-electron chi connectivity index (χ1n) is 5.38. The molecule has 1 fully saturated rings. The molecule has 5 heteroatoms. The van der Waals surface area contributed by atoms with Gasteiger partial charge in [0.15, 0.2) is 0 Å². The van der Waals surface area contributed by atoms with Crippen LogP contribution in [0.2, 0.25) is 0 Å². The Kier molecular flexibility index (Phi) is 2.83. The Morgan fingerprint density at radius 2 is 1.88 bits per heavy atom. The van der Waals surface area contributed by atoms with E-state index in [1.165, 1.54) is 12.1 Å². The summed E-state index contributed by atoms with van der Waals surface area (Å²) in [4.78, 5) is 22.6. The molecule has 2 rings (SSSR count). The lowest BCUT2D eigenvalue weighted by Crippen LogP contribution is -2.43. The number of aryl methyl sites for hydroxylation is 1. The average Bonchev–Trinajstić information content (AvgIpc) is 2.52. The van der Waals surface area contributed by atoms with Gasteiger partial charge in [-0.3, -0.25) is 10.1 Å². The zero-order chi connectivity index (χ0) is 12.5. The monoisotopic (exact) mass is 236 g/mol. The topological polar surface area (TPSA) is 58.2 Å². The van der Waals surface area contributed by atoms with Crippen LogP contribution in [0.25, 0.3) is 0 Å². The van der Waals surface area contributed by atoms with Crippen LogP contribution in [0.4, 0.5) is 9.18 Å². The lowest BCUT2D eigenvalue weighted by Gasteiger charge is -2.20. The number of rotatable bonds is 3. The molecule has 4 nitrogen and oxygen atoms in total. The fourth-order valence-electron chi connectivity index (χ4n) is 1.80. The molecule has 0 saturated carbocycles. The third kappa shape index (κ3) is 2.43. The lowest BCUT2D eigenvalue weighted by molar-refractivity contribution is -0.123. The summed E-state index contributed by atoms with van der Waals surface area (Å²) in [7, 11) is 0. The molecule has 1 aliphatic heterocycles. The van der Waals surface area contributed by atoms with E-state index in [-0.39, 0.29) is 11.7 Å². The van der Waals surface area contributed by atoms with Gasteiger partial charge >= 0.3 is 6.03 Å². The summed E-state index contributed by atoms with van der Waals surface area (Å²) in [6, 6.07) is 5.65. The van der Waals surface area contributed by atoms with Crippen molar-refractivity contribution in [3.8, 4) is 0 Å². The molecule has 2 N–H and O–H groups in total. The predicted octanol–water partition coefficient (Wildman–Crippen LogP) is 1.36. The number of imide groups is 1. The Balaban J connectivity index is 2.00. The van der Waals surface area contributed by atoms with E-state index in [2.05, 4.69) is 10.6 Å². The summed E-state index contributed by atoms with van der Waals surface area (Å²) in [5.74, 6) is -0.600. The molecular formula is C12H13FN2O2. The van der Waals surface area contributed by atoms with Crippen LogP contribution in [0.15, 0.2) is 24.3 Å². The molecule has 90 valence electrons. The third-order valence-corrected chi connectivity index (χ3v) is 2.94.